The molecule has 0 bridgehead atoms. The molecule has 1 heterocycles. The van der Waals surface area contributed by atoms with Gasteiger partial charge in [-0.1, -0.05) is 0 Å². The Bertz CT molecular complexity index is 386. The number of anilines is 1. The summed E-state index contributed by atoms with van der Waals surface area (Å²) in [6.45, 7) is 0. The largest absolute Gasteiger partial charge is 0.366 e. The number of nitrogens with two attached hydrogens (primary N) is 1. The maximum Gasteiger partial charge on any atom is 0.366 e. The number of hydrogen-bond donors (Lipinski definition) is 1. The topological polar surface area (TPSA) is 82.0 Å². The first-order valence-corrected chi connectivity index (χ1v) is 4.39. The minimum Gasteiger partial charge on any atom is -0.362 e. The molecular formula is C6H4F2IN3O2. The van der Waals surface area contributed by atoms with Crippen molar-refractivity contribution in [3.05, 3.63) is 25.3 Å². The lowest BCUT2D eigenvalue weighted by Gasteiger charge is -2.02. The summed E-state index contributed by atoms with van der Waals surface area (Å²) >= 11 is 1.57. The molecule has 8 heteroatoms. The van der Waals surface area contributed by atoms with Crippen LogP contribution in [0.3, 0.4) is 0 Å². The molecule has 0 aliphatic rings. The summed E-state index contributed by atoms with van der Waals surface area (Å²) in [4.78, 5) is 12.8. The van der Waals surface area contributed by atoms with Crippen molar-refractivity contribution in [2.75, 3.05) is 5.73 Å². The molecule has 0 spiro atoms. The number of nitrogens with zero attached hydrogens (tertiary/aromatic N) is 2. The third kappa shape index (κ3) is 2.05. The van der Waals surface area contributed by atoms with Gasteiger partial charge in [0, 0.05) is 11.6 Å². The maximum atomic E-state index is 12.3. The van der Waals surface area contributed by atoms with Gasteiger partial charge in [0.05, 0.1) is 3.57 Å². The van der Waals surface area contributed by atoms with Gasteiger partial charge in [-0.2, -0.15) is 0 Å². The second-order valence-electron chi connectivity index (χ2n) is 2.33. The molecule has 0 aliphatic heterocycles. The van der Waals surface area contributed by atoms with E-state index in [0.717, 1.165) is 6.07 Å². The van der Waals surface area contributed by atoms with Crippen molar-refractivity contribution < 1.29 is 13.7 Å². The first-order chi connectivity index (χ1) is 6.43. The van der Waals surface area contributed by atoms with Crippen molar-refractivity contribution in [2.24, 2.45) is 0 Å². The Hall–Kier alpha value is -1.06. The highest BCUT2D eigenvalue weighted by Crippen LogP contribution is 2.30. The van der Waals surface area contributed by atoms with Crippen molar-refractivity contribution in [2.45, 2.75) is 6.43 Å². The van der Waals surface area contributed by atoms with Gasteiger partial charge in [0.15, 0.2) is 0 Å². The molecule has 0 atom stereocenters. The molecule has 0 saturated carbocycles. The highest BCUT2D eigenvalue weighted by Gasteiger charge is 2.22. The number of nitrogen functional groups attached to an aromatic ring is 1. The molecule has 1 rings (SSSR count). The minimum absolute atomic E-state index is 0.0446. The summed E-state index contributed by atoms with van der Waals surface area (Å²) < 4.78 is 24.7. The quantitative estimate of drug-likeness (QED) is 0.515. The molecule has 0 aromatic carbocycles. The molecular weight excluding hydrogens is 311 g/mol. The zero-order valence-corrected chi connectivity index (χ0v) is 8.73. The van der Waals surface area contributed by atoms with Crippen LogP contribution in [0.5, 0.6) is 0 Å². The predicted octanol–water partition coefficient (Wildman–Crippen LogP) is 2.11. The van der Waals surface area contributed by atoms with Crippen molar-refractivity contribution in [1.82, 2.24) is 4.98 Å². The van der Waals surface area contributed by atoms with Crippen LogP contribution >= 0.6 is 22.6 Å². The molecule has 5 nitrogen and oxygen atoms in total. The van der Waals surface area contributed by atoms with Crippen LogP contribution in [0.4, 0.5) is 20.4 Å². The van der Waals surface area contributed by atoms with E-state index in [9.17, 15) is 18.9 Å². The molecule has 1 aromatic rings. The van der Waals surface area contributed by atoms with E-state index < -0.39 is 22.7 Å². The van der Waals surface area contributed by atoms with Crippen LogP contribution in [0.25, 0.3) is 0 Å². The standard InChI is InChI=1S/C6H4F2IN3O2/c7-5(8)2-1-3(12(13)14)11-6(10)4(2)9/h1,5H,(H2,10,11). The van der Waals surface area contributed by atoms with E-state index in [1.807, 2.05) is 0 Å². The molecule has 76 valence electrons. The Balaban J connectivity index is 3.35. The summed E-state index contributed by atoms with van der Waals surface area (Å²) in [7, 11) is 0. The molecule has 0 amide bonds. The van der Waals surface area contributed by atoms with Crippen LogP contribution in [0, 0.1) is 13.7 Å². The van der Waals surface area contributed by atoms with Gasteiger partial charge in [0.25, 0.3) is 12.2 Å². The fourth-order valence-electron chi connectivity index (χ4n) is 0.807. The summed E-state index contributed by atoms with van der Waals surface area (Å²) in [5.41, 5.74) is 4.77. The molecule has 0 saturated heterocycles. The van der Waals surface area contributed by atoms with E-state index in [1.165, 1.54) is 0 Å². The van der Waals surface area contributed by atoms with Crippen molar-refractivity contribution >= 4 is 34.2 Å². The lowest BCUT2D eigenvalue weighted by molar-refractivity contribution is -0.389. The van der Waals surface area contributed by atoms with Crippen molar-refractivity contribution in [1.29, 1.82) is 0 Å². The van der Waals surface area contributed by atoms with Crippen LogP contribution in [-0.2, 0) is 0 Å². The second-order valence-corrected chi connectivity index (χ2v) is 3.41. The van der Waals surface area contributed by atoms with E-state index >= 15 is 0 Å². The van der Waals surface area contributed by atoms with Gasteiger partial charge in [-0.15, -0.1) is 0 Å². The van der Waals surface area contributed by atoms with E-state index in [1.54, 1.807) is 22.6 Å². The normalized spacial score (nSPS) is 10.6. The van der Waals surface area contributed by atoms with Gasteiger partial charge in [-0.3, -0.25) is 0 Å². The SMILES string of the molecule is Nc1nc([N+](=O)[O-])cc(C(F)F)c1I. The molecule has 0 radical (unpaired) electrons. The van der Waals surface area contributed by atoms with Gasteiger partial charge >= 0.3 is 5.82 Å². The highest BCUT2D eigenvalue weighted by atomic mass is 127. The number of hydrogen-bond acceptors (Lipinski definition) is 4. The van der Waals surface area contributed by atoms with E-state index in [0.29, 0.717) is 0 Å². The fourth-order valence-corrected chi connectivity index (χ4v) is 1.32. The molecule has 0 fully saturated rings. The van der Waals surface area contributed by atoms with Crippen molar-refractivity contribution in [3.63, 3.8) is 0 Å². The molecule has 0 aliphatic carbocycles. The number of nitro groups is 1. The lowest BCUT2D eigenvalue weighted by atomic mass is 10.2. The van der Waals surface area contributed by atoms with Crippen LogP contribution in [0.15, 0.2) is 6.07 Å². The minimum atomic E-state index is -2.80. The van der Waals surface area contributed by atoms with Crippen LogP contribution < -0.4 is 5.73 Å². The summed E-state index contributed by atoms with van der Waals surface area (Å²) in [6, 6.07) is 0.725. The van der Waals surface area contributed by atoms with E-state index in [4.69, 9.17) is 5.73 Å². The number of aromatic nitrogens is 1. The van der Waals surface area contributed by atoms with Crippen molar-refractivity contribution in [3.8, 4) is 0 Å². The third-order valence-electron chi connectivity index (χ3n) is 1.42. The zero-order chi connectivity index (χ0) is 10.9. The maximum absolute atomic E-state index is 12.3. The van der Waals surface area contributed by atoms with Gasteiger partial charge < -0.3 is 15.8 Å². The molecule has 14 heavy (non-hydrogen) atoms. The zero-order valence-electron chi connectivity index (χ0n) is 6.58. The number of pyridine rings is 1. The Morgan fingerprint density at radius 3 is 2.64 bits per heavy atom. The third-order valence-corrected chi connectivity index (χ3v) is 2.60. The predicted molar refractivity (Wildman–Crippen MR) is 53.0 cm³/mol. The van der Waals surface area contributed by atoms with Crippen LogP contribution in [0.1, 0.15) is 12.0 Å². The fraction of sp³-hybridized carbons (Fsp3) is 0.167. The summed E-state index contributed by atoms with van der Waals surface area (Å²) in [5.74, 6) is -0.923. The monoisotopic (exact) mass is 315 g/mol. The Kier molecular flexibility index (Phi) is 3.13. The first-order valence-electron chi connectivity index (χ1n) is 3.32. The van der Waals surface area contributed by atoms with Crippen LogP contribution in [0.2, 0.25) is 0 Å². The molecule has 2 N–H and O–H groups in total. The van der Waals surface area contributed by atoms with E-state index in [2.05, 4.69) is 4.98 Å². The lowest BCUT2D eigenvalue weighted by Crippen LogP contribution is -2.03. The van der Waals surface area contributed by atoms with Gasteiger partial charge in [-0.25, -0.2) is 8.78 Å². The summed E-state index contributed by atoms with van der Waals surface area (Å²) in [5, 5.41) is 10.3. The summed E-state index contributed by atoms with van der Waals surface area (Å²) in [6.07, 6.45) is -2.80. The number of rotatable bonds is 2. The van der Waals surface area contributed by atoms with E-state index in [-0.39, 0.29) is 9.39 Å². The smallest absolute Gasteiger partial charge is 0.362 e. The Morgan fingerprint density at radius 1 is 1.64 bits per heavy atom. The Morgan fingerprint density at radius 2 is 2.21 bits per heavy atom. The number of halogens is 3. The van der Waals surface area contributed by atoms with Gasteiger partial charge in [0.1, 0.15) is 0 Å². The first kappa shape index (κ1) is 11.0. The number of alkyl halides is 2. The average Bonchev–Trinajstić information content (AvgIpc) is 2.08. The second kappa shape index (κ2) is 3.98. The average molecular weight is 315 g/mol. The van der Waals surface area contributed by atoms with Gasteiger partial charge in [0.2, 0.25) is 0 Å². The molecule has 0 unspecified atom stereocenters. The van der Waals surface area contributed by atoms with Gasteiger partial charge in [-0.05, 0) is 32.5 Å². The molecule has 1 aromatic heterocycles. The highest BCUT2D eigenvalue weighted by molar-refractivity contribution is 14.1. The Labute approximate surface area is 90.6 Å². The van der Waals surface area contributed by atoms with Crippen LogP contribution in [-0.4, -0.2) is 9.91 Å².